The van der Waals surface area contributed by atoms with E-state index in [1.165, 1.54) is 25.7 Å². The van der Waals surface area contributed by atoms with Gasteiger partial charge in [-0.3, -0.25) is 4.79 Å². The van der Waals surface area contributed by atoms with Gasteiger partial charge in [-0.15, -0.1) is 0 Å². The summed E-state index contributed by atoms with van der Waals surface area (Å²) in [5, 5.41) is 12.1. The highest BCUT2D eigenvalue weighted by molar-refractivity contribution is 5.73. The zero-order valence-corrected chi connectivity index (χ0v) is 10.5. The topological polar surface area (TPSA) is 49.3 Å². The largest absolute Gasteiger partial charge is 0.480 e. The molecule has 0 aromatic rings. The Balaban J connectivity index is 2.28. The van der Waals surface area contributed by atoms with Gasteiger partial charge in [-0.2, -0.15) is 0 Å². The van der Waals surface area contributed by atoms with Gasteiger partial charge in [0.05, 0.1) is 0 Å². The van der Waals surface area contributed by atoms with Crippen molar-refractivity contribution in [3.63, 3.8) is 0 Å². The highest BCUT2D eigenvalue weighted by Gasteiger charge is 2.29. The van der Waals surface area contributed by atoms with E-state index in [9.17, 15) is 4.79 Å². The Labute approximate surface area is 98.6 Å². The normalized spacial score (nSPS) is 26.9. The van der Waals surface area contributed by atoms with Crippen LogP contribution in [-0.4, -0.2) is 23.2 Å². The number of carboxylic acid groups (broad SMARTS) is 1. The third-order valence-electron chi connectivity index (χ3n) is 3.70. The van der Waals surface area contributed by atoms with Crippen LogP contribution < -0.4 is 5.32 Å². The lowest BCUT2D eigenvalue weighted by Crippen LogP contribution is -2.36. The van der Waals surface area contributed by atoms with E-state index in [0.717, 1.165) is 25.2 Å². The summed E-state index contributed by atoms with van der Waals surface area (Å²) in [6, 6.07) is 0.136. The molecule has 1 fully saturated rings. The molecule has 0 aromatic heterocycles. The first-order chi connectivity index (χ1) is 7.67. The van der Waals surface area contributed by atoms with Gasteiger partial charge < -0.3 is 10.4 Å². The van der Waals surface area contributed by atoms with Gasteiger partial charge in [0.15, 0.2) is 0 Å². The zero-order valence-electron chi connectivity index (χ0n) is 10.5. The molecule has 0 aromatic carbocycles. The molecule has 1 heterocycles. The summed E-state index contributed by atoms with van der Waals surface area (Å²) in [6.45, 7) is 4.46. The van der Waals surface area contributed by atoms with Crippen LogP contribution in [0.25, 0.3) is 0 Å². The third-order valence-corrected chi connectivity index (χ3v) is 3.70. The van der Waals surface area contributed by atoms with Crippen molar-refractivity contribution in [2.24, 2.45) is 5.92 Å². The Kier molecular flexibility index (Phi) is 5.81. The van der Waals surface area contributed by atoms with Gasteiger partial charge in [0, 0.05) is 6.04 Å². The Morgan fingerprint density at radius 3 is 2.69 bits per heavy atom. The van der Waals surface area contributed by atoms with E-state index < -0.39 is 5.97 Å². The fourth-order valence-electron chi connectivity index (χ4n) is 2.58. The zero-order chi connectivity index (χ0) is 12.0. The quantitative estimate of drug-likeness (QED) is 0.703. The van der Waals surface area contributed by atoms with E-state index >= 15 is 0 Å². The minimum absolute atomic E-state index is 0.298. The van der Waals surface area contributed by atoms with Crippen LogP contribution in [0, 0.1) is 5.92 Å². The van der Waals surface area contributed by atoms with Crippen LogP contribution in [0.4, 0.5) is 0 Å². The van der Waals surface area contributed by atoms with E-state index in [0.29, 0.717) is 6.04 Å². The molecule has 1 saturated heterocycles. The van der Waals surface area contributed by atoms with Crippen molar-refractivity contribution in [3.8, 4) is 0 Å². The average molecular weight is 227 g/mol. The van der Waals surface area contributed by atoms with Crippen molar-refractivity contribution < 1.29 is 9.90 Å². The van der Waals surface area contributed by atoms with Crippen LogP contribution in [0.5, 0.6) is 0 Å². The van der Waals surface area contributed by atoms with Gasteiger partial charge in [-0.25, -0.2) is 0 Å². The lowest BCUT2D eigenvalue weighted by atomic mass is 9.91. The predicted molar refractivity (Wildman–Crippen MR) is 65.5 cm³/mol. The molecule has 0 saturated carbocycles. The van der Waals surface area contributed by atoms with Crippen molar-refractivity contribution in [1.82, 2.24) is 5.32 Å². The fraction of sp³-hybridized carbons (Fsp3) is 0.923. The lowest BCUT2D eigenvalue weighted by molar-refractivity contribution is -0.139. The molecule has 1 rings (SSSR count). The number of aliphatic carboxylic acids is 1. The van der Waals surface area contributed by atoms with Crippen LogP contribution in [-0.2, 0) is 4.79 Å². The maximum Gasteiger partial charge on any atom is 0.320 e. The maximum atomic E-state index is 10.8. The molecule has 0 amide bonds. The molecule has 3 heteroatoms. The van der Waals surface area contributed by atoms with E-state index in [2.05, 4.69) is 19.2 Å². The Hall–Kier alpha value is -0.570. The predicted octanol–water partition coefficient (Wildman–Crippen LogP) is 2.80. The summed E-state index contributed by atoms with van der Waals surface area (Å²) in [5.74, 6) is 0.0779. The fourth-order valence-corrected chi connectivity index (χ4v) is 2.58. The minimum Gasteiger partial charge on any atom is -0.480 e. The van der Waals surface area contributed by atoms with E-state index in [1.54, 1.807) is 0 Å². The van der Waals surface area contributed by atoms with Crippen molar-refractivity contribution in [1.29, 1.82) is 0 Å². The molecule has 0 bridgehead atoms. The van der Waals surface area contributed by atoms with Crippen LogP contribution in [0.2, 0.25) is 0 Å². The molecule has 0 spiro atoms. The van der Waals surface area contributed by atoms with Crippen LogP contribution in [0.1, 0.15) is 58.8 Å². The van der Waals surface area contributed by atoms with Gasteiger partial charge in [-0.05, 0) is 25.2 Å². The van der Waals surface area contributed by atoms with Crippen molar-refractivity contribution in [3.05, 3.63) is 0 Å². The van der Waals surface area contributed by atoms with E-state index in [1.807, 2.05) is 0 Å². The number of hydrogen-bond donors (Lipinski definition) is 2. The van der Waals surface area contributed by atoms with Crippen molar-refractivity contribution in [2.45, 2.75) is 70.9 Å². The standard InChI is InChI=1S/C13H25NO2/c1-3-5-6-10(4-2)9-11-7-8-12(14-11)13(15)16/h10-12,14H,3-9H2,1-2H3,(H,15,16). The highest BCUT2D eigenvalue weighted by Crippen LogP contribution is 2.24. The van der Waals surface area contributed by atoms with Crippen molar-refractivity contribution in [2.75, 3.05) is 0 Å². The summed E-state index contributed by atoms with van der Waals surface area (Å²) in [5.41, 5.74) is 0. The number of carboxylic acids is 1. The smallest absolute Gasteiger partial charge is 0.320 e. The molecule has 1 aliphatic rings. The molecule has 16 heavy (non-hydrogen) atoms. The van der Waals surface area contributed by atoms with E-state index in [4.69, 9.17) is 5.11 Å². The monoisotopic (exact) mass is 227 g/mol. The van der Waals surface area contributed by atoms with Gasteiger partial charge in [0.25, 0.3) is 0 Å². The average Bonchev–Trinajstić information content (AvgIpc) is 2.72. The Bertz CT molecular complexity index is 218. The lowest BCUT2D eigenvalue weighted by Gasteiger charge is -2.19. The molecular weight excluding hydrogens is 202 g/mol. The second-order valence-corrected chi connectivity index (χ2v) is 4.98. The molecule has 0 aliphatic carbocycles. The van der Waals surface area contributed by atoms with Gasteiger partial charge in [0.1, 0.15) is 6.04 Å². The van der Waals surface area contributed by atoms with Crippen molar-refractivity contribution >= 4 is 5.97 Å². The first kappa shape index (κ1) is 13.5. The van der Waals surface area contributed by atoms with Crippen LogP contribution in [0.15, 0.2) is 0 Å². The molecule has 2 N–H and O–H groups in total. The van der Waals surface area contributed by atoms with Gasteiger partial charge in [-0.1, -0.05) is 39.5 Å². The molecule has 0 radical (unpaired) electrons. The molecule has 3 atom stereocenters. The second-order valence-electron chi connectivity index (χ2n) is 4.98. The summed E-state index contributed by atoms with van der Waals surface area (Å²) < 4.78 is 0. The Morgan fingerprint density at radius 2 is 2.19 bits per heavy atom. The third kappa shape index (κ3) is 4.12. The first-order valence-corrected chi connectivity index (χ1v) is 6.66. The number of nitrogens with one attached hydrogen (secondary N) is 1. The summed E-state index contributed by atoms with van der Waals surface area (Å²) in [4.78, 5) is 10.8. The Morgan fingerprint density at radius 1 is 1.44 bits per heavy atom. The molecular formula is C13H25NO2. The van der Waals surface area contributed by atoms with Gasteiger partial charge in [0.2, 0.25) is 0 Å². The molecule has 94 valence electrons. The summed E-state index contributed by atoms with van der Waals surface area (Å²) in [7, 11) is 0. The number of rotatable bonds is 7. The molecule has 3 nitrogen and oxygen atoms in total. The maximum absolute atomic E-state index is 10.8. The first-order valence-electron chi connectivity index (χ1n) is 6.66. The van der Waals surface area contributed by atoms with Crippen LogP contribution in [0.3, 0.4) is 0 Å². The van der Waals surface area contributed by atoms with E-state index in [-0.39, 0.29) is 6.04 Å². The van der Waals surface area contributed by atoms with Crippen LogP contribution >= 0.6 is 0 Å². The minimum atomic E-state index is -0.691. The number of carbonyl (C=O) groups is 1. The van der Waals surface area contributed by atoms with Gasteiger partial charge >= 0.3 is 5.97 Å². The summed E-state index contributed by atoms with van der Waals surface area (Å²) >= 11 is 0. The second kappa shape index (κ2) is 6.89. The number of unbranched alkanes of at least 4 members (excludes halogenated alkanes) is 1. The molecule has 3 unspecified atom stereocenters. The highest BCUT2D eigenvalue weighted by atomic mass is 16.4. The number of hydrogen-bond acceptors (Lipinski definition) is 2. The molecule has 1 aliphatic heterocycles. The summed E-state index contributed by atoms with van der Waals surface area (Å²) in [6.07, 6.45) is 8.04. The SMILES string of the molecule is CCCCC(CC)CC1CCC(C(=O)O)N1.